The van der Waals surface area contributed by atoms with Gasteiger partial charge in [0, 0.05) is 32.4 Å². The van der Waals surface area contributed by atoms with E-state index in [0.717, 1.165) is 12.0 Å². The SMILES string of the molecule is Cc1ccc(S(=O)(=O)N(C)c2ccc(C(=O)NCCCOCC(C)C)cc2)cc1. The molecule has 0 saturated heterocycles. The molecule has 29 heavy (non-hydrogen) atoms. The standard InChI is InChI=1S/C22H30N2O4S/c1-17(2)16-28-15-5-14-23-22(25)19-8-10-20(11-9-19)24(4)29(26,27)21-12-6-18(3)7-13-21/h6-13,17H,5,14-16H2,1-4H3,(H,23,25). The van der Waals surface area contributed by atoms with Crippen LogP contribution in [0.5, 0.6) is 0 Å². The second kappa shape index (κ2) is 10.4. The summed E-state index contributed by atoms with van der Waals surface area (Å²) in [5, 5.41) is 2.85. The predicted octanol–water partition coefficient (Wildman–Crippen LogP) is 3.61. The molecule has 0 aromatic heterocycles. The molecule has 6 nitrogen and oxygen atoms in total. The first-order chi connectivity index (χ1) is 13.7. The maximum Gasteiger partial charge on any atom is 0.264 e. The molecular weight excluding hydrogens is 388 g/mol. The van der Waals surface area contributed by atoms with E-state index >= 15 is 0 Å². The molecule has 2 rings (SSSR count). The average Bonchev–Trinajstić information content (AvgIpc) is 2.70. The highest BCUT2D eigenvalue weighted by atomic mass is 32.2. The third kappa shape index (κ3) is 6.58. The summed E-state index contributed by atoms with van der Waals surface area (Å²) >= 11 is 0. The van der Waals surface area contributed by atoms with Crippen LogP contribution in [-0.4, -0.2) is 41.1 Å². The third-order valence-corrected chi connectivity index (χ3v) is 6.17. The zero-order valence-electron chi connectivity index (χ0n) is 17.5. The number of aryl methyl sites for hydroxylation is 1. The Morgan fingerprint density at radius 3 is 2.28 bits per heavy atom. The molecular formula is C22H30N2O4S. The number of carbonyl (C=O) groups excluding carboxylic acids is 1. The van der Waals surface area contributed by atoms with Gasteiger partial charge >= 0.3 is 0 Å². The monoisotopic (exact) mass is 418 g/mol. The summed E-state index contributed by atoms with van der Waals surface area (Å²) in [5.74, 6) is 0.306. The van der Waals surface area contributed by atoms with E-state index in [1.165, 1.54) is 11.4 Å². The normalized spacial score (nSPS) is 11.5. The van der Waals surface area contributed by atoms with E-state index in [-0.39, 0.29) is 10.8 Å². The van der Waals surface area contributed by atoms with Crippen LogP contribution in [0.25, 0.3) is 0 Å². The van der Waals surface area contributed by atoms with Gasteiger partial charge in [-0.15, -0.1) is 0 Å². The summed E-state index contributed by atoms with van der Waals surface area (Å²) in [6.07, 6.45) is 0.744. The molecule has 0 aliphatic carbocycles. The summed E-state index contributed by atoms with van der Waals surface area (Å²) in [6.45, 7) is 7.94. The second-order valence-corrected chi connectivity index (χ2v) is 9.38. The number of sulfonamides is 1. The van der Waals surface area contributed by atoms with Gasteiger partial charge in [-0.05, 0) is 55.7 Å². The first-order valence-electron chi connectivity index (χ1n) is 9.73. The molecule has 0 aliphatic heterocycles. The van der Waals surface area contributed by atoms with E-state index in [2.05, 4.69) is 19.2 Å². The smallest absolute Gasteiger partial charge is 0.264 e. The summed E-state index contributed by atoms with van der Waals surface area (Å²) in [4.78, 5) is 12.5. The highest BCUT2D eigenvalue weighted by molar-refractivity contribution is 7.92. The van der Waals surface area contributed by atoms with Gasteiger partial charge in [0.1, 0.15) is 0 Å². The molecule has 158 valence electrons. The quantitative estimate of drug-likeness (QED) is 0.598. The fourth-order valence-electron chi connectivity index (χ4n) is 2.63. The van der Waals surface area contributed by atoms with Crippen molar-refractivity contribution in [3.8, 4) is 0 Å². The lowest BCUT2D eigenvalue weighted by molar-refractivity contribution is 0.0925. The van der Waals surface area contributed by atoms with E-state index in [0.29, 0.717) is 36.9 Å². The zero-order valence-corrected chi connectivity index (χ0v) is 18.3. The summed E-state index contributed by atoms with van der Waals surface area (Å²) < 4.78 is 32.2. The van der Waals surface area contributed by atoms with Crippen molar-refractivity contribution in [1.29, 1.82) is 0 Å². The molecule has 0 fully saturated rings. The molecule has 0 saturated carbocycles. The number of benzene rings is 2. The molecule has 0 spiro atoms. The number of ether oxygens (including phenoxy) is 1. The number of anilines is 1. The number of amides is 1. The van der Waals surface area contributed by atoms with Crippen LogP contribution in [0, 0.1) is 12.8 Å². The Hall–Kier alpha value is -2.38. The fraction of sp³-hybridized carbons (Fsp3) is 0.409. The largest absolute Gasteiger partial charge is 0.381 e. The van der Waals surface area contributed by atoms with Crippen molar-refractivity contribution in [2.24, 2.45) is 5.92 Å². The molecule has 0 unspecified atom stereocenters. The molecule has 0 atom stereocenters. The lowest BCUT2D eigenvalue weighted by atomic mass is 10.2. The lowest BCUT2D eigenvalue weighted by Gasteiger charge is -2.20. The third-order valence-electron chi connectivity index (χ3n) is 4.37. The zero-order chi connectivity index (χ0) is 21.4. The van der Waals surface area contributed by atoms with E-state index in [1.54, 1.807) is 48.5 Å². The number of hydrogen-bond donors (Lipinski definition) is 1. The van der Waals surface area contributed by atoms with Crippen molar-refractivity contribution in [2.45, 2.75) is 32.1 Å². The van der Waals surface area contributed by atoms with Crippen LogP contribution in [0.15, 0.2) is 53.4 Å². The van der Waals surface area contributed by atoms with Crippen molar-refractivity contribution in [3.63, 3.8) is 0 Å². The Kier molecular flexibility index (Phi) is 8.22. The highest BCUT2D eigenvalue weighted by Gasteiger charge is 2.21. The number of hydrogen-bond acceptors (Lipinski definition) is 4. The second-order valence-electron chi connectivity index (χ2n) is 7.41. The van der Waals surface area contributed by atoms with Crippen molar-refractivity contribution in [3.05, 3.63) is 59.7 Å². The maximum atomic E-state index is 12.8. The first kappa shape index (κ1) is 22.9. The summed E-state index contributed by atoms with van der Waals surface area (Å²) in [7, 11) is -2.15. The van der Waals surface area contributed by atoms with Crippen LogP contribution < -0.4 is 9.62 Å². The van der Waals surface area contributed by atoms with Crippen LogP contribution in [0.2, 0.25) is 0 Å². The minimum Gasteiger partial charge on any atom is -0.381 e. The number of carbonyl (C=O) groups is 1. The van der Waals surface area contributed by atoms with Crippen molar-refractivity contribution in [1.82, 2.24) is 5.32 Å². The molecule has 2 aromatic carbocycles. The van der Waals surface area contributed by atoms with Crippen LogP contribution in [0.1, 0.15) is 36.2 Å². The van der Waals surface area contributed by atoms with Gasteiger partial charge in [0.2, 0.25) is 0 Å². The van der Waals surface area contributed by atoms with Crippen LogP contribution in [0.4, 0.5) is 5.69 Å². The Morgan fingerprint density at radius 1 is 1.07 bits per heavy atom. The average molecular weight is 419 g/mol. The van der Waals surface area contributed by atoms with E-state index in [9.17, 15) is 13.2 Å². The van der Waals surface area contributed by atoms with E-state index in [1.807, 2.05) is 6.92 Å². The number of nitrogens with one attached hydrogen (secondary N) is 1. The molecule has 0 aliphatic rings. The van der Waals surface area contributed by atoms with Gasteiger partial charge < -0.3 is 10.1 Å². The van der Waals surface area contributed by atoms with Crippen LogP contribution >= 0.6 is 0 Å². The summed E-state index contributed by atoms with van der Waals surface area (Å²) in [6, 6.07) is 13.2. The predicted molar refractivity (Wildman–Crippen MR) is 116 cm³/mol. The minimum atomic E-state index is -3.65. The topological polar surface area (TPSA) is 75.7 Å². The molecule has 1 amide bonds. The highest BCUT2D eigenvalue weighted by Crippen LogP contribution is 2.22. The van der Waals surface area contributed by atoms with Gasteiger partial charge in [0.15, 0.2) is 0 Å². The Labute approximate surface area is 173 Å². The van der Waals surface area contributed by atoms with E-state index < -0.39 is 10.0 Å². The molecule has 1 N–H and O–H groups in total. The van der Waals surface area contributed by atoms with Crippen LogP contribution in [0.3, 0.4) is 0 Å². The molecule has 0 radical (unpaired) electrons. The van der Waals surface area contributed by atoms with Gasteiger partial charge in [-0.2, -0.15) is 0 Å². The number of nitrogens with zero attached hydrogens (tertiary/aromatic N) is 1. The van der Waals surface area contributed by atoms with Crippen molar-refractivity contribution >= 4 is 21.6 Å². The van der Waals surface area contributed by atoms with E-state index in [4.69, 9.17) is 4.74 Å². The molecule has 7 heteroatoms. The van der Waals surface area contributed by atoms with Crippen LogP contribution in [-0.2, 0) is 14.8 Å². The maximum absolute atomic E-state index is 12.8. The van der Waals surface area contributed by atoms with Crippen molar-refractivity contribution in [2.75, 3.05) is 31.1 Å². The Bertz CT molecular complexity index is 891. The Balaban J connectivity index is 1.93. The Morgan fingerprint density at radius 2 is 1.69 bits per heavy atom. The number of rotatable bonds is 10. The molecule has 0 bridgehead atoms. The fourth-order valence-corrected chi connectivity index (χ4v) is 3.82. The lowest BCUT2D eigenvalue weighted by Crippen LogP contribution is -2.27. The molecule has 0 heterocycles. The van der Waals surface area contributed by atoms with Gasteiger partial charge in [0.25, 0.3) is 15.9 Å². The summed E-state index contributed by atoms with van der Waals surface area (Å²) in [5.41, 5.74) is 1.97. The van der Waals surface area contributed by atoms with Crippen molar-refractivity contribution < 1.29 is 17.9 Å². The first-order valence-corrected chi connectivity index (χ1v) is 11.2. The van der Waals surface area contributed by atoms with Gasteiger partial charge in [0.05, 0.1) is 10.6 Å². The van der Waals surface area contributed by atoms with Gasteiger partial charge in [-0.25, -0.2) is 8.42 Å². The van der Waals surface area contributed by atoms with Gasteiger partial charge in [-0.3, -0.25) is 9.10 Å². The van der Waals surface area contributed by atoms with Gasteiger partial charge in [-0.1, -0.05) is 31.5 Å². The molecule has 2 aromatic rings. The minimum absolute atomic E-state index is 0.190.